The van der Waals surface area contributed by atoms with E-state index in [1.54, 1.807) is 66.7 Å². The fraction of sp³-hybridized carbons (Fsp3) is 0.367. The number of nitrogens with zero attached hydrogens (tertiary/aromatic N) is 2. The molecule has 7 nitrogen and oxygen atoms in total. The molecule has 1 aliphatic heterocycles. The Morgan fingerprint density at radius 2 is 1.82 bits per heavy atom. The Balaban J connectivity index is 1.34. The molecule has 5 rings (SSSR count). The van der Waals surface area contributed by atoms with Gasteiger partial charge in [0.1, 0.15) is 0 Å². The van der Waals surface area contributed by atoms with Crippen LogP contribution < -0.4 is 10.2 Å². The number of rotatable bonds is 8. The molecular formula is C30H30ClF2N3O4. The Kier molecular flexibility index (Phi) is 8.16. The van der Waals surface area contributed by atoms with Crippen LogP contribution in [-0.4, -0.2) is 51.4 Å². The van der Waals surface area contributed by atoms with Crippen molar-refractivity contribution in [1.82, 2.24) is 10.3 Å². The van der Waals surface area contributed by atoms with Gasteiger partial charge in [0.05, 0.1) is 17.4 Å². The second kappa shape index (κ2) is 11.6. The molecule has 1 saturated carbocycles. The van der Waals surface area contributed by atoms with Crippen LogP contribution in [-0.2, 0) is 10.4 Å². The molecule has 2 aromatic carbocycles. The molecule has 40 heavy (non-hydrogen) atoms. The monoisotopic (exact) mass is 569 g/mol. The number of amides is 2. The summed E-state index contributed by atoms with van der Waals surface area (Å²) in [5, 5.41) is 24.6. The van der Waals surface area contributed by atoms with Crippen molar-refractivity contribution in [1.29, 1.82) is 0 Å². The molecule has 1 aromatic heterocycles. The van der Waals surface area contributed by atoms with Gasteiger partial charge in [0, 0.05) is 48.3 Å². The number of halogens is 3. The number of anilines is 1. The molecule has 1 aliphatic carbocycles. The van der Waals surface area contributed by atoms with Crippen LogP contribution in [0.15, 0.2) is 79.1 Å². The number of nitrogens with one attached hydrogen (secondary N) is 1. The fourth-order valence-electron chi connectivity index (χ4n) is 5.85. The van der Waals surface area contributed by atoms with Gasteiger partial charge in [-0.15, -0.1) is 11.6 Å². The van der Waals surface area contributed by atoms with E-state index < -0.39 is 53.2 Å². The van der Waals surface area contributed by atoms with Crippen molar-refractivity contribution >= 4 is 29.1 Å². The van der Waals surface area contributed by atoms with Crippen LogP contribution in [0.3, 0.4) is 0 Å². The van der Waals surface area contributed by atoms with Gasteiger partial charge in [-0.05, 0) is 42.5 Å². The van der Waals surface area contributed by atoms with Gasteiger partial charge in [-0.25, -0.2) is 8.78 Å². The smallest absolute Gasteiger partial charge is 0.263 e. The SMILES string of the molecule is O=C(NC1CC(Cl)C(CN2C(=O)[C@@](O)(C[C@@H](O)c3ccccc3)c3ccccc32)CC1C(F)F)c1cccnc1. The first kappa shape index (κ1) is 28.1. The lowest BCUT2D eigenvalue weighted by Gasteiger charge is -2.40. The normalized spacial score (nSPS) is 26.9. The van der Waals surface area contributed by atoms with Gasteiger partial charge in [-0.3, -0.25) is 14.6 Å². The molecule has 4 unspecified atom stereocenters. The summed E-state index contributed by atoms with van der Waals surface area (Å²) in [6, 6.07) is 17.8. The molecule has 210 valence electrons. The van der Waals surface area contributed by atoms with Gasteiger partial charge < -0.3 is 20.4 Å². The Bertz CT molecular complexity index is 1350. The number of aliphatic hydroxyl groups excluding tert-OH is 1. The van der Waals surface area contributed by atoms with Crippen molar-refractivity contribution < 1.29 is 28.6 Å². The van der Waals surface area contributed by atoms with Crippen molar-refractivity contribution in [3.8, 4) is 0 Å². The second-order valence-electron chi connectivity index (χ2n) is 10.5. The largest absolute Gasteiger partial charge is 0.388 e. The summed E-state index contributed by atoms with van der Waals surface area (Å²) in [7, 11) is 0. The number of alkyl halides is 3. The molecule has 3 N–H and O–H groups in total. The van der Waals surface area contributed by atoms with Gasteiger partial charge >= 0.3 is 0 Å². The summed E-state index contributed by atoms with van der Waals surface area (Å²) in [5.74, 6) is -2.83. The second-order valence-corrected chi connectivity index (χ2v) is 11.1. The summed E-state index contributed by atoms with van der Waals surface area (Å²) in [6.45, 7) is 0.0141. The Hall–Kier alpha value is -3.40. The van der Waals surface area contributed by atoms with Crippen molar-refractivity contribution in [2.75, 3.05) is 11.4 Å². The zero-order valence-electron chi connectivity index (χ0n) is 21.5. The van der Waals surface area contributed by atoms with Crippen molar-refractivity contribution in [2.24, 2.45) is 11.8 Å². The van der Waals surface area contributed by atoms with E-state index in [9.17, 15) is 28.6 Å². The number of carbonyl (C=O) groups is 2. The average Bonchev–Trinajstić information content (AvgIpc) is 3.16. The Morgan fingerprint density at radius 3 is 2.52 bits per heavy atom. The number of fused-ring (bicyclic) bond motifs is 1. The summed E-state index contributed by atoms with van der Waals surface area (Å²) < 4.78 is 28.5. The molecule has 2 heterocycles. The number of pyridine rings is 1. The van der Waals surface area contributed by atoms with E-state index in [-0.39, 0.29) is 31.4 Å². The van der Waals surface area contributed by atoms with E-state index in [0.717, 1.165) is 0 Å². The summed E-state index contributed by atoms with van der Waals surface area (Å²) in [5.41, 5.74) is -0.361. The lowest BCUT2D eigenvalue weighted by molar-refractivity contribution is -0.139. The van der Waals surface area contributed by atoms with E-state index in [1.807, 2.05) is 0 Å². The van der Waals surface area contributed by atoms with Gasteiger partial charge in [0.25, 0.3) is 11.8 Å². The van der Waals surface area contributed by atoms with Crippen molar-refractivity contribution in [3.05, 3.63) is 95.8 Å². The molecule has 2 aliphatic rings. The van der Waals surface area contributed by atoms with E-state index in [2.05, 4.69) is 10.3 Å². The number of carbonyl (C=O) groups excluding carboxylic acids is 2. The van der Waals surface area contributed by atoms with Crippen LogP contribution in [0.2, 0.25) is 0 Å². The highest BCUT2D eigenvalue weighted by Gasteiger charge is 2.52. The van der Waals surface area contributed by atoms with Gasteiger partial charge in [0.15, 0.2) is 5.60 Å². The standard InChI is InChI=1S/C30H30ClF2N3O4/c31-23-14-24(35-28(38)19-9-6-12-34-16-19)21(27(32)33)13-20(23)17-36-25-11-5-4-10-22(25)30(40,29(36)39)15-26(37)18-7-2-1-3-8-18/h1-12,16,20-21,23-24,26-27,37,40H,13-15,17H2,(H,35,38)/t20?,21?,23?,24?,26-,30-/m1/s1. The molecule has 6 atom stereocenters. The molecular weight excluding hydrogens is 540 g/mol. The van der Waals surface area contributed by atoms with Crippen LogP contribution in [0.5, 0.6) is 0 Å². The number of benzene rings is 2. The van der Waals surface area contributed by atoms with Crippen LogP contribution >= 0.6 is 11.6 Å². The van der Waals surface area contributed by atoms with Crippen LogP contribution in [0.25, 0.3) is 0 Å². The lowest BCUT2D eigenvalue weighted by atomic mass is 9.77. The zero-order chi connectivity index (χ0) is 28.4. The third kappa shape index (κ3) is 5.46. The van der Waals surface area contributed by atoms with Crippen molar-refractivity contribution in [3.63, 3.8) is 0 Å². The first-order chi connectivity index (χ1) is 19.2. The average molecular weight is 570 g/mol. The number of aliphatic hydroxyl groups is 2. The predicted molar refractivity (Wildman–Crippen MR) is 146 cm³/mol. The van der Waals surface area contributed by atoms with E-state index in [1.165, 1.54) is 17.3 Å². The molecule has 0 saturated heterocycles. The van der Waals surface area contributed by atoms with Gasteiger partial charge in [0.2, 0.25) is 6.43 Å². The minimum atomic E-state index is -2.72. The maximum absolute atomic E-state index is 14.2. The van der Waals surface area contributed by atoms with Crippen LogP contribution in [0, 0.1) is 11.8 Å². The van der Waals surface area contributed by atoms with Gasteiger partial charge in [-0.2, -0.15) is 0 Å². The van der Waals surface area contributed by atoms with Crippen molar-refractivity contribution in [2.45, 2.75) is 48.8 Å². The van der Waals surface area contributed by atoms with E-state index in [4.69, 9.17) is 11.6 Å². The van der Waals surface area contributed by atoms with E-state index in [0.29, 0.717) is 16.8 Å². The number of aromatic nitrogens is 1. The molecule has 0 bridgehead atoms. The maximum Gasteiger partial charge on any atom is 0.263 e. The predicted octanol–water partition coefficient (Wildman–Crippen LogP) is 4.44. The molecule has 2 amide bonds. The van der Waals surface area contributed by atoms with Crippen LogP contribution in [0.1, 0.15) is 46.9 Å². The third-order valence-electron chi connectivity index (χ3n) is 7.98. The topological polar surface area (TPSA) is 103 Å². The molecule has 3 aromatic rings. The van der Waals surface area contributed by atoms with Gasteiger partial charge in [-0.1, -0.05) is 48.5 Å². The minimum absolute atomic E-state index is 0.0141. The summed E-state index contributed by atoms with van der Waals surface area (Å²) >= 11 is 6.72. The lowest BCUT2D eigenvalue weighted by Crippen LogP contribution is -2.52. The Morgan fingerprint density at radius 1 is 1.10 bits per heavy atom. The maximum atomic E-state index is 14.2. The summed E-state index contributed by atoms with van der Waals surface area (Å²) in [4.78, 5) is 31.7. The highest BCUT2D eigenvalue weighted by molar-refractivity contribution is 6.21. The molecule has 0 radical (unpaired) electrons. The number of para-hydroxylation sites is 1. The quantitative estimate of drug-likeness (QED) is 0.348. The number of hydrogen-bond donors (Lipinski definition) is 3. The first-order valence-corrected chi connectivity index (χ1v) is 13.6. The van der Waals surface area contributed by atoms with Crippen LogP contribution in [0.4, 0.5) is 14.5 Å². The number of hydrogen-bond acceptors (Lipinski definition) is 5. The summed E-state index contributed by atoms with van der Waals surface area (Å²) in [6.07, 6.45) is -1.14. The highest BCUT2D eigenvalue weighted by Crippen LogP contribution is 2.46. The Labute approximate surface area is 235 Å². The minimum Gasteiger partial charge on any atom is -0.388 e. The molecule has 10 heteroatoms. The third-order valence-corrected chi connectivity index (χ3v) is 8.51. The van der Waals surface area contributed by atoms with E-state index >= 15 is 0 Å². The zero-order valence-corrected chi connectivity index (χ0v) is 22.3. The molecule has 1 fully saturated rings. The highest BCUT2D eigenvalue weighted by atomic mass is 35.5. The first-order valence-electron chi connectivity index (χ1n) is 13.2. The molecule has 0 spiro atoms. The fourth-order valence-corrected chi connectivity index (χ4v) is 6.22.